The Balaban J connectivity index is 2.34. The molecular weight excluding hydrogens is 302 g/mol. The van der Waals surface area contributed by atoms with Crippen molar-refractivity contribution in [3.8, 4) is 0 Å². The van der Waals surface area contributed by atoms with E-state index in [-0.39, 0.29) is 12.0 Å². The Labute approximate surface area is 114 Å². The summed E-state index contributed by atoms with van der Waals surface area (Å²) < 4.78 is 6.00. The normalized spacial score (nSPS) is 12.5. The van der Waals surface area contributed by atoms with E-state index in [1.165, 1.54) is 10.4 Å². The maximum Gasteiger partial charge on any atom is 0.305 e. The number of aryl methyl sites for hydroxylation is 1. The number of rotatable bonds is 6. The average Bonchev–Trinajstić information content (AvgIpc) is 2.59. The fourth-order valence-electron chi connectivity index (χ4n) is 1.51. The number of ether oxygens (including phenoxy) is 1. The highest BCUT2D eigenvalue weighted by Crippen LogP contribution is 2.32. The Hall–Kier alpha value is -0.390. The van der Waals surface area contributed by atoms with Gasteiger partial charge in [0.2, 0.25) is 0 Å². The maximum atomic E-state index is 11.2. The summed E-state index contributed by atoms with van der Waals surface area (Å²) in [6.07, 6.45) is 2.03. The second kappa shape index (κ2) is 7.13. The van der Waals surface area contributed by atoms with Gasteiger partial charge in [-0.15, -0.1) is 11.3 Å². The van der Waals surface area contributed by atoms with Gasteiger partial charge in [0.15, 0.2) is 0 Å². The summed E-state index contributed by atoms with van der Waals surface area (Å²) in [5, 5.41) is 0. The molecule has 0 amide bonds. The smallest absolute Gasteiger partial charge is 0.305 e. The van der Waals surface area contributed by atoms with Gasteiger partial charge in [0, 0.05) is 17.3 Å². The number of thiophene rings is 1. The molecule has 2 N–H and O–H groups in total. The van der Waals surface area contributed by atoms with Crippen LogP contribution in [0.1, 0.15) is 42.7 Å². The average molecular weight is 320 g/mol. The highest BCUT2D eigenvalue weighted by Gasteiger charge is 2.12. The largest absolute Gasteiger partial charge is 0.466 e. The highest BCUT2D eigenvalue weighted by molar-refractivity contribution is 9.11. The highest BCUT2D eigenvalue weighted by atomic mass is 79.9. The van der Waals surface area contributed by atoms with Crippen molar-refractivity contribution in [1.82, 2.24) is 0 Å². The van der Waals surface area contributed by atoms with Crippen LogP contribution in [0.25, 0.3) is 0 Å². The van der Waals surface area contributed by atoms with Crippen LogP contribution in [-0.2, 0) is 9.53 Å². The molecule has 0 spiro atoms. The van der Waals surface area contributed by atoms with Crippen LogP contribution in [0.4, 0.5) is 0 Å². The zero-order valence-electron chi connectivity index (χ0n) is 10.2. The van der Waals surface area contributed by atoms with Crippen molar-refractivity contribution in [2.24, 2.45) is 5.73 Å². The Morgan fingerprint density at radius 2 is 2.35 bits per heavy atom. The molecule has 1 atom stereocenters. The fraction of sp³-hybridized carbons (Fsp3) is 0.583. The molecule has 1 heterocycles. The molecule has 1 rings (SSSR count). The van der Waals surface area contributed by atoms with Crippen molar-refractivity contribution < 1.29 is 9.53 Å². The SMILES string of the molecule is CCOC(=O)CCCC(N)c1cc(C)c(Br)s1. The van der Waals surface area contributed by atoms with Crippen LogP contribution in [0.2, 0.25) is 0 Å². The van der Waals surface area contributed by atoms with Crippen molar-refractivity contribution in [3.05, 3.63) is 20.3 Å². The molecule has 0 radical (unpaired) electrons. The Kier molecular flexibility index (Phi) is 6.16. The minimum atomic E-state index is -0.136. The number of halogens is 1. The van der Waals surface area contributed by atoms with E-state index in [4.69, 9.17) is 10.5 Å². The van der Waals surface area contributed by atoms with Gasteiger partial charge >= 0.3 is 5.97 Å². The molecule has 0 fully saturated rings. The van der Waals surface area contributed by atoms with Gasteiger partial charge < -0.3 is 10.5 Å². The van der Waals surface area contributed by atoms with Gasteiger partial charge in [0.25, 0.3) is 0 Å². The van der Waals surface area contributed by atoms with Gasteiger partial charge in [-0.05, 0) is 54.2 Å². The van der Waals surface area contributed by atoms with E-state index in [2.05, 4.69) is 28.9 Å². The molecule has 0 aliphatic carbocycles. The lowest BCUT2D eigenvalue weighted by molar-refractivity contribution is -0.143. The molecule has 96 valence electrons. The third kappa shape index (κ3) is 4.77. The van der Waals surface area contributed by atoms with E-state index < -0.39 is 0 Å². The van der Waals surface area contributed by atoms with Crippen LogP contribution in [0, 0.1) is 6.92 Å². The number of carbonyl (C=O) groups is 1. The Bertz CT molecular complexity index is 359. The number of hydrogen-bond acceptors (Lipinski definition) is 4. The molecule has 1 unspecified atom stereocenters. The molecule has 0 aromatic carbocycles. The quantitative estimate of drug-likeness (QED) is 0.816. The summed E-state index contributed by atoms with van der Waals surface area (Å²) in [7, 11) is 0. The minimum absolute atomic E-state index is 0.0134. The minimum Gasteiger partial charge on any atom is -0.466 e. The lowest BCUT2D eigenvalue weighted by Crippen LogP contribution is -2.10. The Morgan fingerprint density at radius 3 is 2.88 bits per heavy atom. The number of esters is 1. The second-order valence-electron chi connectivity index (χ2n) is 3.91. The molecule has 0 aliphatic heterocycles. The fourth-order valence-corrected chi connectivity index (χ4v) is 3.11. The molecule has 1 aromatic rings. The molecule has 1 aromatic heterocycles. The zero-order chi connectivity index (χ0) is 12.8. The van der Waals surface area contributed by atoms with Crippen LogP contribution in [0.15, 0.2) is 9.85 Å². The van der Waals surface area contributed by atoms with E-state index in [1.54, 1.807) is 11.3 Å². The first-order valence-corrected chi connectivity index (χ1v) is 7.32. The van der Waals surface area contributed by atoms with Crippen molar-refractivity contribution in [3.63, 3.8) is 0 Å². The van der Waals surface area contributed by atoms with Gasteiger partial charge in [-0.2, -0.15) is 0 Å². The third-order valence-electron chi connectivity index (χ3n) is 2.44. The second-order valence-corrected chi connectivity index (χ2v) is 6.31. The molecular formula is C12H18BrNO2S. The molecule has 3 nitrogen and oxygen atoms in total. The molecule has 0 aliphatic rings. The number of hydrogen-bond donors (Lipinski definition) is 1. The standard InChI is InChI=1S/C12H18BrNO2S/c1-3-16-11(15)6-4-5-9(14)10-7-8(2)12(13)17-10/h7,9H,3-6,14H2,1-2H3. The number of nitrogens with two attached hydrogens (primary N) is 1. The summed E-state index contributed by atoms with van der Waals surface area (Å²) in [6, 6.07) is 2.11. The van der Waals surface area contributed by atoms with Gasteiger partial charge in [0.1, 0.15) is 0 Å². The van der Waals surface area contributed by atoms with Gasteiger partial charge in [-0.3, -0.25) is 4.79 Å². The maximum absolute atomic E-state index is 11.2. The van der Waals surface area contributed by atoms with E-state index in [1.807, 2.05) is 6.92 Å². The van der Waals surface area contributed by atoms with Crippen molar-refractivity contribution in [2.45, 2.75) is 39.2 Å². The van der Waals surface area contributed by atoms with Crippen LogP contribution in [-0.4, -0.2) is 12.6 Å². The van der Waals surface area contributed by atoms with Gasteiger partial charge in [0.05, 0.1) is 10.4 Å². The van der Waals surface area contributed by atoms with Crippen molar-refractivity contribution in [2.75, 3.05) is 6.61 Å². The number of carbonyl (C=O) groups excluding carboxylic acids is 1. The van der Waals surface area contributed by atoms with E-state index in [0.717, 1.165) is 16.6 Å². The van der Waals surface area contributed by atoms with Gasteiger partial charge in [-0.1, -0.05) is 0 Å². The lowest BCUT2D eigenvalue weighted by atomic mass is 10.1. The van der Waals surface area contributed by atoms with Crippen LogP contribution >= 0.6 is 27.3 Å². The molecule has 0 saturated heterocycles. The summed E-state index contributed by atoms with van der Waals surface area (Å²) in [6.45, 7) is 4.31. The van der Waals surface area contributed by atoms with Crippen molar-refractivity contribution >= 4 is 33.2 Å². The molecule has 0 bridgehead atoms. The van der Waals surface area contributed by atoms with E-state index in [9.17, 15) is 4.79 Å². The van der Waals surface area contributed by atoms with E-state index in [0.29, 0.717) is 13.0 Å². The van der Waals surface area contributed by atoms with Crippen LogP contribution < -0.4 is 5.73 Å². The van der Waals surface area contributed by atoms with Gasteiger partial charge in [-0.25, -0.2) is 0 Å². The summed E-state index contributed by atoms with van der Waals surface area (Å²) in [4.78, 5) is 12.3. The Morgan fingerprint density at radius 1 is 1.65 bits per heavy atom. The van der Waals surface area contributed by atoms with E-state index >= 15 is 0 Å². The monoisotopic (exact) mass is 319 g/mol. The predicted molar refractivity (Wildman–Crippen MR) is 74.2 cm³/mol. The zero-order valence-corrected chi connectivity index (χ0v) is 12.6. The summed E-state index contributed by atoms with van der Waals surface area (Å²) in [5.41, 5.74) is 7.29. The third-order valence-corrected chi connectivity index (χ3v) is 4.71. The molecule has 0 saturated carbocycles. The summed E-state index contributed by atoms with van der Waals surface area (Å²) >= 11 is 5.15. The lowest BCUT2D eigenvalue weighted by Gasteiger charge is -2.08. The van der Waals surface area contributed by atoms with Crippen LogP contribution in [0.5, 0.6) is 0 Å². The topological polar surface area (TPSA) is 52.3 Å². The first-order chi connectivity index (χ1) is 8.04. The predicted octanol–water partition coefficient (Wildman–Crippen LogP) is 3.55. The summed E-state index contributed by atoms with van der Waals surface area (Å²) in [5.74, 6) is -0.136. The first-order valence-electron chi connectivity index (χ1n) is 5.71. The molecule has 17 heavy (non-hydrogen) atoms. The molecule has 5 heteroatoms. The first kappa shape index (κ1) is 14.7. The van der Waals surface area contributed by atoms with Crippen molar-refractivity contribution in [1.29, 1.82) is 0 Å². The van der Waals surface area contributed by atoms with Crippen LogP contribution in [0.3, 0.4) is 0 Å².